The summed E-state index contributed by atoms with van der Waals surface area (Å²) >= 11 is 15.3. The standard InChI is InChI=1S/C24H22N2S4.Pt/c1-23(2)15-9-5-7-13(19(15)27)17-11-29-21(25-17)24(3,4)22-26-18(12-30-22)14-8-6-10-16(23)20(14)28;/h5-12,27-28H,1-4H3;/q;+2/p-2. The van der Waals surface area contributed by atoms with E-state index in [1.54, 1.807) is 22.7 Å². The second-order valence-corrected chi connectivity index (χ2v) is 11.2. The molecule has 0 atom stereocenters. The van der Waals surface area contributed by atoms with E-state index in [9.17, 15) is 0 Å². The summed E-state index contributed by atoms with van der Waals surface area (Å²) in [5.74, 6) is 0. The van der Waals surface area contributed by atoms with Gasteiger partial charge < -0.3 is 25.3 Å². The first-order valence-corrected chi connectivity index (χ1v) is 12.3. The zero-order chi connectivity index (χ0) is 21.3. The third-order valence-electron chi connectivity index (χ3n) is 6.01. The van der Waals surface area contributed by atoms with Gasteiger partial charge in [0.1, 0.15) is 10.0 Å². The van der Waals surface area contributed by atoms with Crippen LogP contribution in [0.25, 0.3) is 22.5 Å². The molecular formula is C24H20N2PtS4. The van der Waals surface area contributed by atoms with Crippen molar-refractivity contribution >= 4 is 47.9 Å². The van der Waals surface area contributed by atoms with E-state index in [1.165, 1.54) is 0 Å². The predicted octanol–water partition coefficient (Wildman–Crippen LogP) is 6.71. The Balaban J connectivity index is 0.00000231. The molecule has 160 valence electrons. The Morgan fingerprint density at radius 3 is 1.52 bits per heavy atom. The molecule has 0 N–H and O–H groups in total. The van der Waals surface area contributed by atoms with Crippen LogP contribution in [0.15, 0.2) is 56.9 Å². The number of thiazole rings is 2. The molecule has 2 aromatic carbocycles. The van der Waals surface area contributed by atoms with E-state index in [0.717, 1.165) is 53.4 Å². The Hall–Kier alpha value is -1.17. The van der Waals surface area contributed by atoms with Gasteiger partial charge in [-0.1, -0.05) is 61.4 Å². The molecule has 0 aliphatic carbocycles. The summed E-state index contributed by atoms with van der Waals surface area (Å²) in [4.78, 5) is 11.7. The molecule has 8 bridgehead atoms. The number of hydrogen-bond acceptors (Lipinski definition) is 6. The fraction of sp³-hybridized carbons (Fsp3) is 0.250. The second-order valence-electron chi connectivity index (χ2n) is 8.69. The third-order valence-corrected chi connectivity index (χ3v) is 9.22. The minimum atomic E-state index is -0.332. The number of hydrogen-bond donors (Lipinski definition) is 0. The van der Waals surface area contributed by atoms with Gasteiger partial charge >= 0.3 is 21.1 Å². The SMILES string of the molecule is CC1(C)c2nc(cs2)-c2cccc(c2[S-])C(C)(C)c2cccc(c2[S-])-c2csc1n2.[Pt+2]. The van der Waals surface area contributed by atoms with Gasteiger partial charge in [-0.05, 0) is 25.0 Å². The van der Waals surface area contributed by atoms with Gasteiger partial charge in [0, 0.05) is 16.2 Å². The van der Waals surface area contributed by atoms with Crippen LogP contribution in [0, 0.1) is 0 Å². The van der Waals surface area contributed by atoms with Gasteiger partial charge in [0.2, 0.25) is 0 Å². The minimum absolute atomic E-state index is 0. The Kier molecular flexibility index (Phi) is 5.94. The van der Waals surface area contributed by atoms with Crippen molar-refractivity contribution in [2.45, 2.75) is 48.3 Å². The summed E-state index contributed by atoms with van der Waals surface area (Å²) in [6.07, 6.45) is 0. The van der Waals surface area contributed by atoms with Crippen LogP contribution in [0.2, 0.25) is 0 Å². The van der Waals surface area contributed by atoms with Gasteiger partial charge in [-0.25, -0.2) is 9.97 Å². The van der Waals surface area contributed by atoms with E-state index in [-0.39, 0.29) is 31.9 Å². The van der Waals surface area contributed by atoms with Gasteiger partial charge in [-0.15, -0.1) is 22.7 Å². The molecule has 4 aromatic rings. The molecule has 3 heterocycles. The van der Waals surface area contributed by atoms with E-state index in [1.807, 2.05) is 0 Å². The smallest absolute Gasteiger partial charge is 0.779 e. The molecule has 0 radical (unpaired) electrons. The number of aromatic nitrogens is 2. The molecule has 0 saturated heterocycles. The van der Waals surface area contributed by atoms with Crippen molar-refractivity contribution in [2.75, 3.05) is 0 Å². The Bertz CT molecular complexity index is 1190. The van der Waals surface area contributed by atoms with Crippen LogP contribution in [0.4, 0.5) is 0 Å². The monoisotopic (exact) mass is 659 g/mol. The summed E-state index contributed by atoms with van der Waals surface area (Å²) in [6.45, 7) is 8.77. The fourth-order valence-electron chi connectivity index (χ4n) is 4.07. The quantitative estimate of drug-likeness (QED) is 0.196. The summed E-state index contributed by atoms with van der Waals surface area (Å²) < 4.78 is 0. The molecule has 0 fully saturated rings. The average molecular weight is 660 g/mol. The maximum absolute atomic E-state index is 5.99. The third kappa shape index (κ3) is 3.52. The largest absolute Gasteiger partial charge is 2.00 e. The molecule has 2 aromatic heterocycles. The van der Waals surface area contributed by atoms with E-state index in [2.05, 4.69) is 74.9 Å². The molecule has 5 rings (SSSR count). The number of fused-ring (bicyclic) bond motifs is 10. The minimum Gasteiger partial charge on any atom is -0.779 e. The van der Waals surface area contributed by atoms with Crippen LogP contribution < -0.4 is 0 Å². The Morgan fingerprint density at radius 1 is 0.677 bits per heavy atom. The molecule has 0 spiro atoms. The Labute approximate surface area is 216 Å². The zero-order valence-corrected chi connectivity index (χ0v) is 23.0. The molecule has 31 heavy (non-hydrogen) atoms. The number of rotatable bonds is 0. The van der Waals surface area contributed by atoms with Gasteiger partial charge in [-0.3, -0.25) is 0 Å². The van der Waals surface area contributed by atoms with Crippen LogP contribution in [0.1, 0.15) is 48.8 Å². The van der Waals surface area contributed by atoms with Gasteiger partial charge in [-0.2, -0.15) is 9.79 Å². The molecule has 2 nitrogen and oxygen atoms in total. The Morgan fingerprint density at radius 2 is 1.10 bits per heavy atom. The topological polar surface area (TPSA) is 25.8 Å². The molecule has 0 unspecified atom stereocenters. The van der Waals surface area contributed by atoms with Gasteiger partial charge in [0.05, 0.1) is 16.8 Å². The number of benzene rings is 2. The van der Waals surface area contributed by atoms with Crippen molar-refractivity contribution in [3.63, 3.8) is 0 Å². The molecule has 0 amide bonds. The first-order valence-electron chi connectivity index (χ1n) is 9.75. The van der Waals surface area contributed by atoms with Crippen molar-refractivity contribution in [1.82, 2.24) is 9.97 Å². The average Bonchev–Trinajstić information content (AvgIpc) is 3.38. The van der Waals surface area contributed by atoms with E-state index >= 15 is 0 Å². The van der Waals surface area contributed by atoms with Crippen LogP contribution in [0.3, 0.4) is 0 Å². The van der Waals surface area contributed by atoms with Crippen LogP contribution in [-0.4, -0.2) is 9.97 Å². The first-order chi connectivity index (χ1) is 14.2. The number of nitrogens with zero attached hydrogens (tertiary/aromatic N) is 2. The normalized spacial score (nSPS) is 15.6. The maximum Gasteiger partial charge on any atom is 2.00 e. The molecular weight excluding hydrogens is 640 g/mol. The molecule has 1 aliphatic rings. The van der Waals surface area contributed by atoms with Gasteiger partial charge in [0.15, 0.2) is 0 Å². The van der Waals surface area contributed by atoms with E-state index < -0.39 is 0 Å². The van der Waals surface area contributed by atoms with Crippen LogP contribution >= 0.6 is 22.7 Å². The molecule has 7 heteroatoms. The van der Waals surface area contributed by atoms with Crippen molar-refractivity contribution in [3.8, 4) is 22.5 Å². The zero-order valence-electron chi connectivity index (χ0n) is 17.5. The van der Waals surface area contributed by atoms with Crippen molar-refractivity contribution in [1.29, 1.82) is 0 Å². The summed E-state index contributed by atoms with van der Waals surface area (Å²) in [7, 11) is 0. The summed E-state index contributed by atoms with van der Waals surface area (Å²) in [5.41, 5.74) is 5.47. The van der Waals surface area contributed by atoms with Crippen LogP contribution in [0.5, 0.6) is 0 Å². The predicted molar refractivity (Wildman–Crippen MR) is 131 cm³/mol. The summed E-state index contributed by atoms with van der Waals surface area (Å²) in [6, 6.07) is 12.6. The maximum atomic E-state index is 5.99. The van der Waals surface area contributed by atoms with E-state index in [0.29, 0.717) is 0 Å². The fourth-order valence-corrected chi connectivity index (χ4v) is 7.01. The first kappa shape index (κ1) is 23.0. The second kappa shape index (κ2) is 8.00. The molecule has 1 aliphatic heterocycles. The summed E-state index contributed by atoms with van der Waals surface area (Å²) in [5, 5.41) is 6.32. The van der Waals surface area contributed by atoms with Crippen molar-refractivity contribution in [2.24, 2.45) is 0 Å². The van der Waals surface area contributed by atoms with Crippen molar-refractivity contribution < 1.29 is 21.1 Å². The van der Waals surface area contributed by atoms with Crippen molar-refractivity contribution in [3.05, 3.63) is 68.3 Å². The molecule has 0 saturated carbocycles. The van der Waals surface area contributed by atoms with E-state index in [4.69, 9.17) is 35.2 Å². The van der Waals surface area contributed by atoms with Crippen LogP contribution in [-0.2, 0) is 57.2 Å². The van der Waals surface area contributed by atoms with Gasteiger partial charge in [0.25, 0.3) is 0 Å².